The lowest BCUT2D eigenvalue weighted by molar-refractivity contribution is -0.180. The van der Waals surface area contributed by atoms with Crippen molar-refractivity contribution in [2.45, 2.75) is 25.0 Å². The molecule has 2 rings (SSSR count). The number of aliphatic hydroxyl groups excluding tert-OH is 1. The van der Waals surface area contributed by atoms with Crippen LogP contribution in [0.4, 0.5) is 4.79 Å². The number of carboxylic acid groups (broad SMARTS) is 1. The van der Waals surface area contributed by atoms with Gasteiger partial charge >= 0.3 is 12.1 Å². The Morgan fingerprint density at radius 1 is 1.60 bits per heavy atom. The molecule has 1 fully saturated rings. The Morgan fingerprint density at radius 2 is 2.28 bits per heavy atom. The maximum atomic E-state index is 12.4. The number of thioether (sulfide) groups is 1. The number of primary amides is 1. The fourth-order valence-electron chi connectivity index (χ4n) is 3.36. The lowest BCUT2D eigenvalue weighted by Crippen LogP contribution is -2.73. The van der Waals surface area contributed by atoms with Crippen LogP contribution < -0.4 is 11.5 Å². The highest BCUT2D eigenvalue weighted by atomic mass is 32.2. The molecule has 3 unspecified atom stereocenters. The number of carbonyl (C=O) groups excluding carboxylic acids is 2. The zero-order valence-electron chi connectivity index (χ0n) is 13.5. The van der Waals surface area contributed by atoms with E-state index in [1.807, 2.05) is 0 Å². The average Bonchev–Trinajstić information content (AvgIpc) is 2.79. The number of ether oxygens (including phenoxy) is 1. The van der Waals surface area contributed by atoms with Crippen LogP contribution in [0.5, 0.6) is 0 Å². The highest BCUT2D eigenvalue weighted by molar-refractivity contribution is 8.03. The number of nitrogens with two attached hydrogens (primary N) is 2. The number of aliphatic imine (C=N–C) groups is 1. The molecule has 2 aliphatic rings. The van der Waals surface area contributed by atoms with Gasteiger partial charge in [0.25, 0.3) is 0 Å². The summed E-state index contributed by atoms with van der Waals surface area (Å²) in [4.78, 5) is 40.5. The van der Waals surface area contributed by atoms with Crippen LogP contribution in [0.3, 0.4) is 0 Å². The van der Waals surface area contributed by atoms with Gasteiger partial charge in [-0.05, 0) is 6.92 Å². The summed E-state index contributed by atoms with van der Waals surface area (Å²) in [6, 6.07) is 0. The fourth-order valence-corrected chi connectivity index (χ4v) is 4.47. The molecule has 2 amide bonds. The van der Waals surface area contributed by atoms with Crippen molar-refractivity contribution in [1.82, 2.24) is 4.90 Å². The van der Waals surface area contributed by atoms with E-state index >= 15 is 0 Å². The Morgan fingerprint density at radius 3 is 2.80 bits per heavy atom. The lowest BCUT2D eigenvalue weighted by Gasteiger charge is -2.54. The van der Waals surface area contributed by atoms with Gasteiger partial charge in [-0.1, -0.05) is 0 Å². The Labute approximate surface area is 147 Å². The van der Waals surface area contributed by atoms with E-state index in [0.717, 1.165) is 11.2 Å². The molecule has 0 aromatic carbocycles. The molecule has 0 aromatic rings. The third-order valence-corrected chi connectivity index (χ3v) is 5.29. The van der Waals surface area contributed by atoms with Gasteiger partial charge in [0.1, 0.15) is 17.8 Å². The molecule has 0 saturated carbocycles. The number of rotatable bonds is 8. The summed E-state index contributed by atoms with van der Waals surface area (Å²) in [5, 5.41) is 19.5. The minimum absolute atomic E-state index is 0.153. The number of β-lactam (4-membered cyclic amide) rings is 1. The molecule has 11 heteroatoms. The van der Waals surface area contributed by atoms with Crippen LogP contribution in [0.1, 0.15) is 13.3 Å². The van der Waals surface area contributed by atoms with E-state index in [-0.39, 0.29) is 18.7 Å². The zero-order valence-corrected chi connectivity index (χ0v) is 14.4. The minimum atomic E-state index is -1.26. The van der Waals surface area contributed by atoms with Crippen molar-refractivity contribution in [3.63, 3.8) is 0 Å². The molecular weight excluding hydrogens is 352 g/mol. The van der Waals surface area contributed by atoms with Gasteiger partial charge in [-0.3, -0.25) is 14.7 Å². The van der Waals surface area contributed by atoms with E-state index in [1.54, 1.807) is 0 Å². The molecule has 0 spiro atoms. The number of fused-ring (bicyclic) bond motifs is 1. The summed E-state index contributed by atoms with van der Waals surface area (Å²) in [5.41, 5.74) is 8.88. The SMILES string of the molecule is CC(O)C1C(=O)N2C(C(=O)O)=C(SCCN=CN)CC12COC(N)=O. The second kappa shape index (κ2) is 7.31. The van der Waals surface area contributed by atoms with E-state index < -0.39 is 35.5 Å². The molecule has 3 atom stereocenters. The maximum absolute atomic E-state index is 12.4. The third-order valence-electron chi connectivity index (χ3n) is 4.22. The van der Waals surface area contributed by atoms with Crippen molar-refractivity contribution in [3.8, 4) is 0 Å². The first-order valence-electron chi connectivity index (χ1n) is 7.50. The van der Waals surface area contributed by atoms with Crippen LogP contribution >= 0.6 is 11.8 Å². The topological polar surface area (TPSA) is 169 Å². The van der Waals surface area contributed by atoms with Crippen molar-refractivity contribution in [2.24, 2.45) is 22.4 Å². The molecule has 0 aliphatic carbocycles. The van der Waals surface area contributed by atoms with Gasteiger partial charge in [0.05, 0.1) is 24.9 Å². The zero-order chi connectivity index (χ0) is 18.8. The number of aliphatic hydroxyl groups is 1. The molecule has 6 N–H and O–H groups in total. The van der Waals surface area contributed by atoms with E-state index in [9.17, 15) is 24.6 Å². The van der Waals surface area contributed by atoms with Crippen LogP contribution in [-0.4, -0.2) is 70.0 Å². The number of nitrogens with zero attached hydrogens (tertiary/aromatic N) is 2. The van der Waals surface area contributed by atoms with Gasteiger partial charge in [0.2, 0.25) is 5.91 Å². The Balaban J connectivity index is 2.31. The van der Waals surface area contributed by atoms with Crippen LogP contribution in [-0.2, 0) is 14.3 Å². The van der Waals surface area contributed by atoms with E-state index in [1.165, 1.54) is 18.7 Å². The predicted molar refractivity (Wildman–Crippen MR) is 89.6 cm³/mol. The fraction of sp³-hybridized carbons (Fsp3) is 0.571. The molecule has 2 heterocycles. The lowest BCUT2D eigenvalue weighted by atomic mass is 9.70. The molecule has 2 aliphatic heterocycles. The summed E-state index contributed by atoms with van der Waals surface area (Å²) in [5.74, 6) is -2.19. The molecule has 0 bridgehead atoms. The smallest absolute Gasteiger partial charge is 0.404 e. The summed E-state index contributed by atoms with van der Waals surface area (Å²) < 4.78 is 4.86. The van der Waals surface area contributed by atoms with Crippen molar-refractivity contribution in [1.29, 1.82) is 0 Å². The van der Waals surface area contributed by atoms with Crippen LogP contribution in [0.25, 0.3) is 0 Å². The Kier molecular flexibility index (Phi) is 5.58. The molecule has 1 saturated heterocycles. The maximum Gasteiger partial charge on any atom is 0.404 e. The number of hydrogen-bond acceptors (Lipinski definition) is 7. The van der Waals surface area contributed by atoms with E-state index in [4.69, 9.17) is 16.2 Å². The van der Waals surface area contributed by atoms with Crippen LogP contribution in [0.15, 0.2) is 15.6 Å². The minimum Gasteiger partial charge on any atom is -0.477 e. The first kappa shape index (κ1) is 19.1. The van der Waals surface area contributed by atoms with Crippen LogP contribution in [0.2, 0.25) is 0 Å². The Hall–Kier alpha value is -2.27. The first-order valence-corrected chi connectivity index (χ1v) is 8.48. The second-order valence-corrected chi connectivity index (χ2v) is 6.95. The van der Waals surface area contributed by atoms with Gasteiger partial charge in [-0.15, -0.1) is 11.8 Å². The first-order chi connectivity index (χ1) is 11.8. The molecule has 0 radical (unpaired) electrons. The highest BCUT2D eigenvalue weighted by Gasteiger charge is 2.68. The van der Waals surface area contributed by atoms with Gasteiger partial charge < -0.3 is 26.4 Å². The Bertz CT molecular complexity index is 649. The standard InChI is InChI=1S/C14H20N4O6S/c1-7(19)9-11(20)18-10(12(21)22)8(25-3-2-17-6-15)4-14(9,18)5-24-13(16)23/h6-7,9,19H,2-5H2,1H3,(H2,15,17)(H2,16,23)(H,21,22). The number of hydrogen-bond donors (Lipinski definition) is 4. The molecule has 25 heavy (non-hydrogen) atoms. The van der Waals surface area contributed by atoms with E-state index in [0.29, 0.717) is 17.2 Å². The quantitative estimate of drug-likeness (QED) is 0.183. The molecule has 138 valence electrons. The van der Waals surface area contributed by atoms with Gasteiger partial charge in [0, 0.05) is 17.1 Å². The van der Waals surface area contributed by atoms with Crippen LogP contribution in [0, 0.1) is 5.92 Å². The number of aliphatic carboxylic acids is 1. The number of amides is 2. The second-order valence-electron chi connectivity index (χ2n) is 5.76. The van der Waals surface area contributed by atoms with E-state index in [2.05, 4.69) is 4.99 Å². The monoisotopic (exact) mass is 372 g/mol. The summed E-state index contributed by atoms with van der Waals surface area (Å²) in [6.07, 6.45) is -0.751. The van der Waals surface area contributed by atoms with Gasteiger partial charge in [0.15, 0.2) is 0 Å². The van der Waals surface area contributed by atoms with Crippen molar-refractivity contribution >= 4 is 36.1 Å². The summed E-state index contributed by atoms with van der Waals surface area (Å²) in [6.45, 7) is 1.54. The third kappa shape index (κ3) is 3.29. The number of carboxylic acids is 1. The molecule has 0 aromatic heterocycles. The summed E-state index contributed by atoms with van der Waals surface area (Å²) in [7, 11) is 0. The summed E-state index contributed by atoms with van der Waals surface area (Å²) >= 11 is 1.24. The largest absolute Gasteiger partial charge is 0.477 e. The molecular formula is C14H20N4O6S. The van der Waals surface area contributed by atoms with Crippen molar-refractivity contribution in [3.05, 3.63) is 10.6 Å². The normalized spacial score (nSPS) is 26.6. The predicted octanol–water partition coefficient (Wildman–Crippen LogP) is -0.920. The van der Waals surface area contributed by atoms with Gasteiger partial charge in [-0.2, -0.15) is 0 Å². The van der Waals surface area contributed by atoms with Gasteiger partial charge in [-0.25, -0.2) is 9.59 Å². The number of carbonyl (C=O) groups is 3. The van der Waals surface area contributed by atoms with Crippen molar-refractivity contribution in [2.75, 3.05) is 18.9 Å². The average molecular weight is 372 g/mol. The van der Waals surface area contributed by atoms with Crippen molar-refractivity contribution < 1.29 is 29.3 Å². The molecule has 10 nitrogen and oxygen atoms in total. The highest BCUT2D eigenvalue weighted by Crippen LogP contribution is 2.54.